The molecule has 1 atom stereocenters. The van der Waals surface area contributed by atoms with E-state index < -0.39 is 5.60 Å². The fourth-order valence-corrected chi connectivity index (χ4v) is 4.18. The van der Waals surface area contributed by atoms with Gasteiger partial charge in [-0.3, -0.25) is 0 Å². The van der Waals surface area contributed by atoms with Crippen molar-refractivity contribution in [2.75, 3.05) is 0 Å². The van der Waals surface area contributed by atoms with Crippen LogP contribution >= 0.6 is 0 Å². The number of nitrogens with zero attached hydrogens (tertiary/aromatic N) is 6. The van der Waals surface area contributed by atoms with E-state index in [1.165, 1.54) is 11.2 Å². The van der Waals surface area contributed by atoms with E-state index >= 15 is 0 Å². The zero-order valence-electron chi connectivity index (χ0n) is 21.0. The van der Waals surface area contributed by atoms with E-state index in [0.29, 0.717) is 19.6 Å². The van der Waals surface area contributed by atoms with Gasteiger partial charge in [-0.05, 0) is 16.7 Å². The van der Waals surface area contributed by atoms with Crippen LogP contribution in [0.25, 0.3) is 11.2 Å². The Labute approximate surface area is 238 Å². The van der Waals surface area contributed by atoms with Crippen molar-refractivity contribution in [3.63, 3.8) is 0 Å². The molecule has 0 spiro atoms. The van der Waals surface area contributed by atoms with E-state index in [-0.39, 0.29) is 34.2 Å². The minimum absolute atomic E-state index is 0. The zero-order chi connectivity index (χ0) is 26.4. The Balaban J connectivity index is 0.00000353. The van der Waals surface area contributed by atoms with Gasteiger partial charge in [0.25, 0.3) is 0 Å². The molecule has 10 nitrogen and oxygen atoms in total. The van der Waals surface area contributed by atoms with Crippen LogP contribution in [0, 0.1) is 0 Å². The molecule has 11 heteroatoms. The maximum atomic E-state index is 12.0. The molecule has 1 unspecified atom stereocenters. The fraction of sp³-hybridized carbons (Fsp3) is 0.143. The molecule has 1 aliphatic heterocycles. The summed E-state index contributed by atoms with van der Waals surface area (Å²) >= 11 is 0. The molecule has 1 radical (unpaired) electrons. The van der Waals surface area contributed by atoms with E-state index in [0.717, 1.165) is 16.7 Å². The predicted octanol–water partition coefficient (Wildman–Crippen LogP) is 3.93. The van der Waals surface area contributed by atoms with Gasteiger partial charge in [-0.2, -0.15) is 0 Å². The van der Waals surface area contributed by atoms with Crippen molar-refractivity contribution in [3.8, 4) is 0 Å². The molecule has 2 heterocycles. The molecule has 0 saturated carbocycles. The second kappa shape index (κ2) is 12.6. The smallest absolute Gasteiger partial charge is 0.698 e. The summed E-state index contributed by atoms with van der Waals surface area (Å²) in [5, 5.41) is 23.6. The average molecular weight is 571 g/mol. The summed E-state index contributed by atoms with van der Waals surface area (Å²) in [4.78, 5) is 0. The fourth-order valence-electron chi connectivity index (χ4n) is 4.18. The SMILES string of the molecule is [Cu+2].[NH-]/C(=C\N(N)Cc1ccccc1)C(O)(C1=CN(Cc2ccccc2)N[N-]1)c1cn(Cc2ccccc2)nn1. The van der Waals surface area contributed by atoms with Gasteiger partial charge in [-0.25, -0.2) is 10.5 Å². The molecule has 4 aromatic rings. The number of hydrazine groups is 2. The number of nitrogens with two attached hydrogens (primary N) is 1. The third kappa shape index (κ3) is 6.66. The number of rotatable bonds is 10. The van der Waals surface area contributed by atoms with Crippen LogP contribution in [0.1, 0.15) is 22.4 Å². The van der Waals surface area contributed by atoms with Crippen molar-refractivity contribution in [1.29, 1.82) is 0 Å². The quantitative estimate of drug-likeness (QED) is 0.149. The largest absolute Gasteiger partial charge is 2.00 e. The first-order valence-corrected chi connectivity index (χ1v) is 12.2. The van der Waals surface area contributed by atoms with Gasteiger partial charge in [-0.1, -0.05) is 102 Å². The molecular formula is C28H29CuN9O. The van der Waals surface area contributed by atoms with E-state index in [1.54, 1.807) is 22.1 Å². The van der Waals surface area contributed by atoms with Crippen LogP contribution in [-0.2, 0) is 42.3 Å². The van der Waals surface area contributed by atoms with Gasteiger partial charge in [0.2, 0.25) is 0 Å². The molecule has 5 N–H and O–H groups in total. The Morgan fingerprint density at radius 3 is 2.13 bits per heavy atom. The maximum absolute atomic E-state index is 12.0. The Kier molecular flexibility index (Phi) is 9.03. The average Bonchev–Trinajstić information content (AvgIpc) is 3.60. The molecule has 203 valence electrons. The van der Waals surface area contributed by atoms with Gasteiger partial charge in [0.15, 0.2) is 0 Å². The van der Waals surface area contributed by atoms with Gasteiger partial charge in [0, 0.05) is 12.4 Å². The van der Waals surface area contributed by atoms with Crippen molar-refractivity contribution < 1.29 is 22.2 Å². The Hall–Kier alpha value is -4.12. The molecule has 0 saturated heterocycles. The summed E-state index contributed by atoms with van der Waals surface area (Å²) in [5.41, 5.74) is 17.4. The van der Waals surface area contributed by atoms with Crippen LogP contribution in [0.5, 0.6) is 0 Å². The third-order valence-electron chi connectivity index (χ3n) is 6.13. The van der Waals surface area contributed by atoms with E-state index in [9.17, 15) is 5.11 Å². The molecule has 0 fully saturated rings. The second-order valence-electron chi connectivity index (χ2n) is 9.04. The Bertz CT molecular complexity index is 1400. The van der Waals surface area contributed by atoms with Crippen molar-refractivity contribution in [1.82, 2.24) is 30.5 Å². The first kappa shape index (κ1) is 27.9. The van der Waals surface area contributed by atoms with Crippen molar-refractivity contribution >= 4 is 0 Å². The van der Waals surface area contributed by atoms with E-state index in [1.807, 2.05) is 91.0 Å². The minimum atomic E-state index is -2.00. The van der Waals surface area contributed by atoms with Crippen LogP contribution in [0.4, 0.5) is 0 Å². The molecule has 5 rings (SSSR count). The third-order valence-corrected chi connectivity index (χ3v) is 6.13. The summed E-state index contributed by atoms with van der Waals surface area (Å²) < 4.78 is 1.62. The topological polar surface area (TPSA) is 133 Å². The maximum Gasteiger partial charge on any atom is 2.00 e. The predicted molar refractivity (Wildman–Crippen MR) is 145 cm³/mol. The first-order chi connectivity index (χ1) is 18.5. The summed E-state index contributed by atoms with van der Waals surface area (Å²) in [6.07, 6.45) is 4.69. The van der Waals surface area contributed by atoms with Gasteiger partial charge >= 0.3 is 17.1 Å². The second-order valence-corrected chi connectivity index (χ2v) is 9.04. The van der Waals surface area contributed by atoms with Crippen LogP contribution in [0.3, 0.4) is 0 Å². The van der Waals surface area contributed by atoms with Gasteiger partial charge < -0.3 is 31.8 Å². The first-order valence-electron chi connectivity index (χ1n) is 12.2. The van der Waals surface area contributed by atoms with Crippen LogP contribution in [0.2, 0.25) is 0 Å². The van der Waals surface area contributed by atoms with E-state index in [4.69, 9.17) is 11.6 Å². The molecule has 3 aromatic carbocycles. The molecule has 0 amide bonds. The molecule has 0 aliphatic carbocycles. The summed E-state index contributed by atoms with van der Waals surface area (Å²) in [5.74, 6) is 6.23. The molecular weight excluding hydrogens is 542 g/mol. The summed E-state index contributed by atoms with van der Waals surface area (Å²) in [6, 6.07) is 29.4. The van der Waals surface area contributed by atoms with Crippen LogP contribution < -0.4 is 11.4 Å². The monoisotopic (exact) mass is 570 g/mol. The van der Waals surface area contributed by atoms with Gasteiger partial charge in [0.05, 0.1) is 25.8 Å². The van der Waals surface area contributed by atoms with Gasteiger partial charge in [0.1, 0.15) is 11.3 Å². The molecule has 39 heavy (non-hydrogen) atoms. The number of hydrogen-bond donors (Lipinski definition) is 3. The number of aliphatic hydroxyl groups is 1. The number of nitrogens with one attached hydrogen (secondary N) is 2. The summed E-state index contributed by atoms with van der Waals surface area (Å²) in [7, 11) is 0. The zero-order valence-corrected chi connectivity index (χ0v) is 22.0. The molecule has 1 aromatic heterocycles. The summed E-state index contributed by atoms with van der Waals surface area (Å²) in [6.45, 7) is 1.33. The van der Waals surface area contributed by atoms with Crippen molar-refractivity contribution in [3.05, 3.63) is 155 Å². The molecule has 0 bridgehead atoms. The van der Waals surface area contributed by atoms with Gasteiger partial charge in [-0.15, -0.1) is 10.8 Å². The number of aromatic nitrogens is 3. The molecule has 1 aliphatic rings. The van der Waals surface area contributed by atoms with E-state index in [2.05, 4.69) is 21.3 Å². The Morgan fingerprint density at radius 1 is 0.949 bits per heavy atom. The standard InChI is InChI=1S/C28H29N9O.Cu/c29-25(19-35(30)16-22-10-4-1-5-11-22)28(38,26-20-36(33-31-26)17-23-12-6-2-7-13-23)27-21-37(34-32-27)18-24-14-8-3-9-15-24;/h1-15,19-21,29,33,38H,16-18,30H2;/q-2;+2/b25-19-;. The minimum Gasteiger partial charge on any atom is -0.698 e. The number of benzene rings is 3. The van der Waals surface area contributed by atoms with Crippen LogP contribution in [-0.4, -0.2) is 30.1 Å². The normalized spacial score (nSPS) is 14.7. The van der Waals surface area contributed by atoms with Crippen LogP contribution in [0.15, 0.2) is 121 Å². The number of hydrogen-bond acceptors (Lipinski definition) is 7. The van der Waals surface area contributed by atoms with Crippen molar-refractivity contribution in [2.45, 2.75) is 25.2 Å². The Morgan fingerprint density at radius 2 is 1.51 bits per heavy atom. The van der Waals surface area contributed by atoms with Crippen molar-refractivity contribution in [2.24, 2.45) is 5.84 Å².